The summed E-state index contributed by atoms with van der Waals surface area (Å²) in [7, 11) is 1.25. The van der Waals surface area contributed by atoms with Crippen LogP contribution in [0.5, 0.6) is 0 Å². The van der Waals surface area contributed by atoms with E-state index in [0.717, 1.165) is 5.56 Å². The van der Waals surface area contributed by atoms with E-state index in [0.29, 0.717) is 5.56 Å². The molecule has 2 atom stereocenters. The molecule has 0 amide bonds. The Morgan fingerprint density at radius 3 is 2.17 bits per heavy atom. The van der Waals surface area contributed by atoms with Gasteiger partial charge < -0.3 is 9.84 Å². The van der Waals surface area contributed by atoms with E-state index in [9.17, 15) is 14.7 Å². The number of rotatable bonds is 3. The number of aliphatic hydroxyl groups is 1. The van der Waals surface area contributed by atoms with Gasteiger partial charge in [-0.1, -0.05) is 60.7 Å². The summed E-state index contributed by atoms with van der Waals surface area (Å²) in [5, 5.41) is 10.1. The maximum atomic E-state index is 12.8. The van der Waals surface area contributed by atoms with Gasteiger partial charge in [-0.3, -0.25) is 9.59 Å². The number of aliphatic hydroxyl groups excluding tert-OH is 1. The highest BCUT2D eigenvalue weighted by Gasteiger charge is 2.59. The predicted molar refractivity (Wildman–Crippen MR) is 85.0 cm³/mol. The number of esters is 1. The van der Waals surface area contributed by atoms with Crippen molar-refractivity contribution in [2.45, 2.75) is 11.3 Å². The first kappa shape index (κ1) is 15.0. The molecule has 4 heteroatoms. The van der Waals surface area contributed by atoms with Gasteiger partial charge in [0.05, 0.1) is 7.11 Å². The lowest BCUT2D eigenvalue weighted by molar-refractivity contribution is -0.151. The predicted octanol–water partition coefficient (Wildman–Crippen LogP) is 2.91. The Hall–Kier alpha value is -2.88. The number of ether oxygens (including phenoxy) is 1. The molecule has 2 aromatic rings. The molecule has 0 bridgehead atoms. The van der Waals surface area contributed by atoms with E-state index < -0.39 is 28.8 Å². The van der Waals surface area contributed by atoms with Crippen LogP contribution in [0, 0.1) is 0 Å². The topological polar surface area (TPSA) is 63.6 Å². The van der Waals surface area contributed by atoms with Crippen molar-refractivity contribution in [3.05, 3.63) is 83.6 Å². The number of carbonyl (C=O) groups excluding carboxylic acids is 2. The summed E-state index contributed by atoms with van der Waals surface area (Å²) in [5.41, 5.74) is -0.327. The lowest BCUT2D eigenvalue weighted by Crippen LogP contribution is -2.46. The summed E-state index contributed by atoms with van der Waals surface area (Å²) in [6.07, 6.45) is 1.43. The fraction of sp³-hybridized carbons (Fsp3) is 0.158. The SMILES string of the molecule is COC(=O)[C@]1(c2ccccc2)C(=O)C(O)=C[C@@H]1c1ccccc1. The summed E-state index contributed by atoms with van der Waals surface area (Å²) < 4.78 is 4.96. The summed E-state index contributed by atoms with van der Waals surface area (Å²) in [6.45, 7) is 0. The molecule has 23 heavy (non-hydrogen) atoms. The maximum Gasteiger partial charge on any atom is 0.325 e. The van der Waals surface area contributed by atoms with Gasteiger partial charge in [-0.05, 0) is 17.2 Å². The average molecular weight is 308 g/mol. The van der Waals surface area contributed by atoms with E-state index in [1.54, 1.807) is 30.3 Å². The zero-order valence-electron chi connectivity index (χ0n) is 12.6. The van der Waals surface area contributed by atoms with Gasteiger partial charge in [0, 0.05) is 5.92 Å². The second-order valence-corrected chi connectivity index (χ2v) is 5.44. The lowest BCUT2D eigenvalue weighted by atomic mass is 9.68. The molecule has 1 N–H and O–H groups in total. The number of hydrogen-bond donors (Lipinski definition) is 1. The Bertz CT molecular complexity index is 764. The van der Waals surface area contributed by atoms with Gasteiger partial charge in [-0.25, -0.2) is 0 Å². The van der Waals surface area contributed by atoms with Crippen LogP contribution in [-0.2, 0) is 19.7 Å². The molecule has 1 aliphatic rings. The van der Waals surface area contributed by atoms with E-state index in [4.69, 9.17) is 4.74 Å². The van der Waals surface area contributed by atoms with Crippen LogP contribution in [0.15, 0.2) is 72.5 Å². The smallest absolute Gasteiger partial charge is 0.325 e. The highest BCUT2D eigenvalue weighted by Crippen LogP contribution is 2.48. The molecule has 1 aliphatic carbocycles. The van der Waals surface area contributed by atoms with Crippen LogP contribution in [-0.4, -0.2) is 24.0 Å². The lowest BCUT2D eigenvalue weighted by Gasteiger charge is -2.31. The van der Waals surface area contributed by atoms with Crippen LogP contribution in [0.2, 0.25) is 0 Å². The number of benzene rings is 2. The minimum atomic E-state index is -1.60. The summed E-state index contributed by atoms with van der Waals surface area (Å²) in [4.78, 5) is 25.5. The fourth-order valence-electron chi connectivity index (χ4n) is 3.22. The minimum Gasteiger partial charge on any atom is -0.505 e. The maximum absolute atomic E-state index is 12.8. The summed E-state index contributed by atoms with van der Waals surface area (Å²) in [6, 6.07) is 17.9. The molecule has 3 rings (SSSR count). The van der Waals surface area contributed by atoms with Crippen LogP contribution in [0.4, 0.5) is 0 Å². The number of allylic oxidation sites excluding steroid dienone is 2. The third-order valence-electron chi connectivity index (χ3n) is 4.28. The van der Waals surface area contributed by atoms with Gasteiger partial charge in [0.1, 0.15) is 0 Å². The quantitative estimate of drug-likeness (QED) is 0.699. The number of carbonyl (C=O) groups is 2. The van der Waals surface area contributed by atoms with Crippen molar-refractivity contribution >= 4 is 11.8 Å². The molecule has 0 saturated heterocycles. The van der Waals surface area contributed by atoms with Gasteiger partial charge in [0.25, 0.3) is 0 Å². The van der Waals surface area contributed by atoms with Gasteiger partial charge in [-0.15, -0.1) is 0 Å². The zero-order valence-corrected chi connectivity index (χ0v) is 12.6. The molecule has 0 aromatic heterocycles. The second-order valence-electron chi connectivity index (χ2n) is 5.44. The van der Waals surface area contributed by atoms with Crippen molar-refractivity contribution in [1.29, 1.82) is 0 Å². The number of methoxy groups -OCH3 is 1. The largest absolute Gasteiger partial charge is 0.505 e. The zero-order chi connectivity index (χ0) is 16.4. The van der Waals surface area contributed by atoms with E-state index in [1.165, 1.54) is 13.2 Å². The molecule has 0 radical (unpaired) electrons. The number of hydrogen-bond acceptors (Lipinski definition) is 4. The summed E-state index contributed by atoms with van der Waals surface area (Å²) >= 11 is 0. The third-order valence-corrected chi connectivity index (χ3v) is 4.28. The Morgan fingerprint density at radius 2 is 1.61 bits per heavy atom. The molecule has 0 fully saturated rings. The molecule has 0 unspecified atom stereocenters. The van der Waals surface area contributed by atoms with Crippen LogP contribution in [0.25, 0.3) is 0 Å². The van der Waals surface area contributed by atoms with Crippen LogP contribution < -0.4 is 0 Å². The van der Waals surface area contributed by atoms with Crippen LogP contribution in [0.1, 0.15) is 17.0 Å². The molecule has 4 nitrogen and oxygen atoms in total. The summed E-state index contributed by atoms with van der Waals surface area (Å²) in [5.74, 6) is -2.34. The first-order chi connectivity index (χ1) is 11.1. The number of ketones is 1. The van der Waals surface area contributed by atoms with Crippen molar-refractivity contribution in [2.75, 3.05) is 7.11 Å². The standard InChI is InChI=1S/C19H16O4/c1-23-18(22)19(14-10-6-3-7-11-14)15(12-16(20)17(19)21)13-8-4-2-5-9-13/h2-12,15,20H,1H3/t15-,19+/m1/s1. The number of Topliss-reactive ketones (excluding diaryl/α,β-unsaturated/α-hetero) is 1. The Balaban J connectivity index is 2.28. The molecule has 0 saturated carbocycles. The van der Waals surface area contributed by atoms with Gasteiger partial charge in [0.2, 0.25) is 5.78 Å². The minimum absolute atomic E-state index is 0.409. The van der Waals surface area contributed by atoms with Crippen molar-refractivity contribution in [2.24, 2.45) is 0 Å². The highest BCUT2D eigenvalue weighted by molar-refractivity contribution is 6.19. The monoisotopic (exact) mass is 308 g/mol. The van der Waals surface area contributed by atoms with Gasteiger partial charge >= 0.3 is 5.97 Å². The van der Waals surface area contributed by atoms with E-state index in [1.807, 2.05) is 30.3 Å². The Kier molecular flexibility index (Phi) is 3.74. The Labute approximate surface area is 134 Å². The normalized spacial score (nSPS) is 23.4. The molecule has 2 aromatic carbocycles. The van der Waals surface area contributed by atoms with Crippen LogP contribution in [0.3, 0.4) is 0 Å². The Morgan fingerprint density at radius 1 is 1.04 bits per heavy atom. The molecular formula is C19H16O4. The van der Waals surface area contributed by atoms with Gasteiger partial charge in [-0.2, -0.15) is 0 Å². The average Bonchev–Trinajstić information content (AvgIpc) is 2.88. The van der Waals surface area contributed by atoms with Crippen molar-refractivity contribution < 1.29 is 19.4 Å². The van der Waals surface area contributed by atoms with Crippen molar-refractivity contribution in [1.82, 2.24) is 0 Å². The van der Waals surface area contributed by atoms with E-state index in [2.05, 4.69) is 0 Å². The molecule has 0 aliphatic heterocycles. The first-order valence-electron chi connectivity index (χ1n) is 7.26. The molecule has 0 spiro atoms. The molecule has 0 heterocycles. The van der Waals surface area contributed by atoms with E-state index >= 15 is 0 Å². The van der Waals surface area contributed by atoms with Crippen molar-refractivity contribution in [3.8, 4) is 0 Å². The fourth-order valence-corrected chi connectivity index (χ4v) is 3.22. The first-order valence-corrected chi connectivity index (χ1v) is 7.26. The molecule has 116 valence electrons. The third kappa shape index (κ3) is 2.14. The highest BCUT2D eigenvalue weighted by atomic mass is 16.5. The second kappa shape index (κ2) is 5.72. The van der Waals surface area contributed by atoms with E-state index in [-0.39, 0.29) is 0 Å². The van der Waals surface area contributed by atoms with Gasteiger partial charge in [0.15, 0.2) is 11.2 Å². The molecular weight excluding hydrogens is 292 g/mol. The van der Waals surface area contributed by atoms with Crippen molar-refractivity contribution in [3.63, 3.8) is 0 Å². The van der Waals surface area contributed by atoms with Crippen LogP contribution >= 0.6 is 0 Å².